The van der Waals surface area contributed by atoms with Crippen LogP contribution in [-0.2, 0) is 0 Å². The molecule has 2 aromatic heterocycles. The molecule has 0 spiro atoms. The average Bonchev–Trinajstić information content (AvgIpc) is 3.54. The Kier molecular flexibility index (Phi) is 6.33. The number of aromatic nitrogens is 3. The maximum Gasteiger partial charge on any atom is 0.319 e. The van der Waals surface area contributed by atoms with Gasteiger partial charge in [0.05, 0.1) is 16.5 Å². The first-order chi connectivity index (χ1) is 19.2. The van der Waals surface area contributed by atoms with Crippen LogP contribution < -0.4 is 9.64 Å². The summed E-state index contributed by atoms with van der Waals surface area (Å²) in [5.41, 5.74) is 0.625. The standard InChI is InChI=1S/C30H35ClFN5O3/c1-29(39)7-2-10-36(16-29)27-21-15-33-25(20-13-19(38)14-22(31)23(20)18-5-6-18)24(32)26(21)34-28(35-27)40-17-30-8-3-11-37(30)12-4-9-30/h13-15,18,38-39H,2-12,16-17H2,1H3. The van der Waals surface area contributed by atoms with Crippen molar-refractivity contribution < 1.29 is 19.3 Å². The van der Waals surface area contributed by atoms with Gasteiger partial charge in [0.2, 0.25) is 0 Å². The van der Waals surface area contributed by atoms with Crippen molar-refractivity contribution in [1.29, 1.82) is 0 Å². The van der Waals surface area contributed by atoms with Crippen molar-refractivity contribution in [3.63, 3.8) is 0 Å². The molecule has 1 atom stereocenters. The number of anilines is 1. The molecule has 0 bridgehead atoms. The number of pyridine rings is 1. The Balaban J connectivity index is 1.34. The second kappa shape index (κ2) is 9.67. The fourth-order valence-electron chi connectivity index (χ4n) is 7.16. The summed E-state index contributed by atoms with van der Waals surface area (Å²) in [6.45, 7) is 5.48. The molecule has 3 aliphatic heterocycles. The lowest BCUT2D eigenvalue weighted by molar-refractivity contribution is 0.0447. The highest BCUT2D eigenvalue weighted by Crippen LogP contribution is 2.49. The Morgan fingerprint density at radius 3 is 2.58 bits per heavy atom. The molecule has 1 unspecified atom stereocenters. The third-order valence-corrected chi connectivity index (χ3v) is 9.57. The molecule has 7 rings (SSSR count). The third-order valence-electron chi connectivity index (χ3n) is 9.25. The molecule has 8 nitrogen and oxygen atoms in total. The summed E-state index contributed by atoms with van der Waals surface area (Å²) < 4.78 is 22.8. The van der Waals surface area contributed by atoms with E-state index in [1.165, 1.54) is 12.1 Å². The number of hydrogen-bond acceptors (Lipinski definition) is 8. The maximum absolute atomic E-state index is 16.5. The summed E-state index contributed by atoms with van der Waals surface area (Å²) in [6, 6.07) is 3.17. The van der Waals surface area contributed by atoms with Crippen LogP contribution in [0.4, 0.5) is 10.2 Å². The number of benzene rings is 1. The summed E-state index contributed by atoms with van der Waals surface area (Å²) in [5, 5.41) is 22.0. The van der Waals surface area contributed by atoms with Gasteiger partial charge in [-0.2, -0.15) is 9.97 Å². The van der Waals surface area contributed by atoms with Crippen molar-refractivity contribution in [3.05, 3.63) is 34.7 Å². The Hall–Kier alpha value is -2.75. The Morgan fingerprint density at radius 2 is 1.85 bits per heavy atom. The molecule has 4 fully saturated rings. The van der Waals surface area contributed by atoms with Crippen molar-refractivity contribution in [2.24, 2.45) is 0 Å². The topological polar surface area (TPSA) is 94.8 Å². The monoisotopic (exact) mass is 567 g/mol. The highest BCUT2D eigenvalue weighted by molar-refractivity contribution is 6.32. The van der Waals surface area contributed by atoms with E-state index in [-0.39, 0.29) is 34.4 Å². The van der Waals surface area contributed by atoms with Crippen molar-refractivity contribution in [1.82, 2.24) is 19.9 Å². The lowest BCUT2D eigenvalue weighted by Gasteiger charge is -2.38. The van der Waals surface area contributed by atoms with Gasteiger partial charge in [0.25, 0.3) is 0 Å². The van der Waals surface area contributed by atoms with Crippen LogP contribution in [0.1, 0.15) is 69.8 Å². The van der Waals surface area contributed by atoms with Crippen LogP contribution in [-0.4, -0.2) is 74.0 Å². The molecule has 1 aromatic carbocycles. The zero-order valence-corrected chi connectivity index (χ0v) is 23.6. The molecule has 4 aliphatic rings. The van der Waals surface area contributed by atoms with Crippen LogP contribution in [0.25, 0.3) is 22.2 Å². The quantitative estimate of drug-likeness (QED) is 0.407. The fraction of sp³-hybridized carbons (Fsp3) is 0.567. The van der Waals surface area contributed by atoms with Crippen LogP contribution in [0, 0.1) is 5.82 Å². The molecular weight excluding hydrogens is 533 g/mol. The number of aromatic hydroxyl groups is 1. The Labute approximate surface area is 238 Å². The van der Waals surface area contributed by atoms with Crippen LogP contribution in [0.2, 0.25) is 5.02 Å². The SMILES string of the molecule is CC1(O)CCCN(c2nc(OCC34CCCN3CCC4)nc3c(F)c(-c4cc(O)cc(Cl)c4C4CC4)ncc23)C1. The summed E-state index contributed by atoms with van der Waals surface area (Å²) in [7, 11) is 0. The second-order valence-electron chi connectivity index (χ2n) is 12.4. The smallest absolute Gasteiger partial charge is 0.319 e. The highest BCUT2D eigenvalue weighted by Gasteiger charge is 2.45. The largest absolute Gasteiger partial charge is 0.508 e. The zero-order chi connectivity index (χ0) is 27.6. The summed E-state index contributed by atoms with van der Waals surface area (Å²) in [6.07, 6.45) is 9.44. The van der Waals surface area contributed by atoms with Crippen molar-refractivity contribution in [2.75, 3.05) is 37.7 Å². The van der Waals surface area contributed by atoms with Crippen LogP contribution in [0.5, 0.6) is 11.8 Å². The zero-order valence-electron chi connectivity index (χ0n) is 22.8. The van der Waals surface area contributed by atoms with E-state index in [1.807, 2.05) is 11.8 Å². The van der Waals surface area contributed by atoms with Crippen molar-refractivity contribution >= 4 is 28.3 Å². The molecule has 0 amide bonds. The van der Waals surface area contributed by atoms with E-state index in [9.17, 15) is 10.2 Å². The van der Waals surface area contributed by atoms with Gasteiger partial charge >= 0.3 is 6.01 Å². The van der Waals surface area contributed by atoms with Gasteiger partial charge in [0, 0.05) is 29.9 Å². The number of halogens is 2. The van der Waals surface area contributed by atoms with E-state index in [2.05, 4.69) is 14.9 Å². The van der Waals surface area contributed by atoms with Gasteiger partial charge in [-0.25, -0.2) is 4.39 Å². The molecule has 2 N–H and O–H groups in total. The van der Waals surface area contributed by atoms with Gasteiger partial charge in [0.15, 0.2) is 5.82 Å². The predicted molar refractivity (Wildman–Crippen MR) is 152 cm³/mol. The number of hydrogen-bond donors (Lipinski definition) is 2. The van der Waals surface area contributed by atoms with Crippen LogP contribution in [0.15, 0.2) is 18.3 Å². The van der Waals surface area contributed by atoms with E-state index in [0.29, 0.717) is 47.9 Å². The summed E-state index contributed by atoms with van der Waals surface area (Å²) >= 11 is 6.53. The van der Waals surface area contributed by atoms with Crippen molar-refractivity contribution in [2.45, 2.75) is 75.3 Å². The number of ether oxygens (including phenoxy) is 1. The van der Waals surface area contributed by atoms with E-state index >= 15 is 4.39 Å². The van der Waals surface area contributed by atoms with Gasteiger partial charge in [-0.3, -0.25) is 9.88 Å². The lowest BCUT2D eigenvalue weighted by Crippen LogP contribution is -2.46. The first-order valence-electron chi connectivity index (χ1n) is 14.5. The van der Waals surface area contributed by atoms with E-state index in [1.54, 1.807) is 6.20 Å². The molecular formula is C30H35ClFN5O3. The van der Waals surface area contributed by atoms with Crippen LogP contribution >= 0.6 is 11.6 Å². The number of piperidine rings is 1. The predicted octanol–water partition coefficient (Wildman–Crippen LogP) is 5.43. The number of phenolic OH excluding ortho intramolecular Hbond substituents is 1. The number of β-amino-alcohol motifs (C(OH)–C–C–N with tert-alkyl or cyclic N) is 1. The summed E-state index contributed by atoms with van der Waals surface area (Å²) in [4.78, 5) is 18.4. The molecule has 1 aliphatic carbocycles. The average molecular weight is 568 g/mol. The third kappa shape index (κ3) is 4.56. The van der Waals surface area contributed by atoms with Crippen LogP contribution in [0.3, 0.4) is 0 Å². The van der Waals surface area contributed by atoms with E-state index in [4.69, 9.17) is 21.3 Å². The Morgan fingerprint density at radius 1 is 1.10 bits per heavy atom. The molecule has 212 valence electrons. The van der Waals surface area contributed by atoms with Gasteiger partial charge < -0.3 is 19.8 Å². The number of rotatable bonds is 6. The highest BCUT2D eigenvalue weighted by atomic mass is 35.5. The molecule has 1 saturated carbocycles. The minimum atomic E-state index is -0.882. The number of fused-ring (bicyclic) bond motifs is 2. The van der Waals surface area contributed by atoms with E-state index < -0.39 is 11.4 Å². The van der Waals surface area contributed by atoms with Gasteiger partial charge in [-0.15, -0.1) is 0 Å². The number of phenols is 1. The fourth-order valence-corrected chi connectivity index (χ4v) is 7.53. The number of nitrogens with zero attached hydrogens (tertiary/aromatic N) is 5. The summed E-state index contributed by atoms with van der Waals surface area (Å²) in [5.74, 6) is 0.0994. The lowest BCUT2D eigenvalue weighted by atomic mass is 9.95. The van der Waals surface area contributed by atoms with E-state index in [0.717, 1.165) is 63.6 Å². The minimum Gasteiger partial charge on any atom is -0.508 e. The molecule has 3 aromatic rings. The van der Waals surface area contributed by atoms with Gasteiger partial charge in [-0.05, 0) is 95.0 Å². The molecule has 3 saturated heterocycles. The molecule has 5 heterocycles. The van der Waals surface area contributed by atoms with Gasteiger partial charge in [0.1, 0.15) is 29.4 Å². The van der Waals surface area contributed by atoms with Crippen molar-refractivity contribution in [3.8, 4) is 23.0 Å². The first kappa shape index (κ1) is 26.2. The maximum atomic E-state index is 16.5. The second-order valence-corrected chi connectivity index (χ2v) is 12.8. The minimum absolute atomic E-state index is 0.00724. The Bertz CT molecular complexity index is 1470. The van der Waals surface area contributed by atoms with Gasteiger partial charge in [-0.1, -0.05) is 11.6 Å². The normalized spacial score (nSPS) is 24.6. The molecule has 10 heteroatoms. The first-order valence-corrected chi connectivity index (χ1v) is 14.9. The number of aliphatic hydroxyl groups is 1. The molecule has 40 heavy (non-hydrogen) atoms. The molecule has 0 radical (unpaired) electrons.